The molecule has 0 saturated carbocycles. The lowest BCUT2D eigenvalue weighted by atomic mass is 10.1. The Bertz CT molecular complexity index is 1600. The van der Waals surface area contributed by atoms with E-state index >= 15 is 0 Å². The Morgan fingerprint density at radius 2 is 2.12 bits per heavy atom. The molecule has 4 aromatic rings. The number of carbonyl (C=O) groups is 1. The summed E-state index contributed by atoms with van der Waals surface area (Å²) in [5.74, 6) is 0.602. The van der Waals surface area contributed by atoms with Crippen molar-refractivity contribution in [3.8, 4) is 5.88 Å². The molecular weight excluding hydrogens is 527 g/mol. The summed E-state index contributed by atoms with van der Waals surface area (Å²) in [6.45, 7) is 4.04. The van der Waals surface area contributed by atoms with Gasteiger partial charge in [0.1, 0.15) is 24.1 Å². The highest BCUT2D eigenvalue weighted by Gasteiger charge is 2.27. The van der Waals surface area contributed by atoms with Gasteiger partial charge in [-0.25, -0.2) is 14.2 Å². The maximum atomic E-state index is 14.0. The normalized spacial score (nSPS) is 19.5. The smallest absolute Gasteiger partial charge is 0.335 e. The molecule has 41 heavy (non-hydrogen) atoms. The van der Waals surface area contributed by atoms with Gasteiger partial charge in [-0.2, -0.15) is 4.98 Å². The van der Waals surface area contributed by atoms with Gasteiger partial charge < -0.3 is 29.4 Å². The Morgan fingerprint density at radius 1 is 1.24 bits per heavy atom. The van der Waals surface area contributed by atoms with Gasteiger partial charge in [-0.3, -0.25) is 4.98 Å². The number of hydrogen-bond acceptors (Lipinski definition) is 8. The number of nitrogens with one attached hydrogen (secondary N) is 1. The number of anilines is 1. The van der Waals surface area contributed by atoms with Crippen LogP contribution in [0.25, 0.3) is 11.0 Å². The Hall–Kier alpha value is -4.51. The number of ether oxygens (including phenoxy) is 2. The van der Waals surface area contributed by atoms with E-state index in [4.69, 9.17) is 19.4 Å². The van der Waals surface area contributed by atoms with Crippen molar-refractivity contribution in [2.45, 2.75) is 58.0 Å². The van der Waals surface area contributed by atoms with Crippen LogP contribution in [0.1, 0.15) is 47.9 Å². The number of imidazole rings is 1. The molecule has 5 heterocycles. The minimum Gasteiger partial charge on any atom is -0.478 e. The van der Waals surface area contributed by atoms with Gasteiger partial charge in [-0.1, -0.05) is 6.07 Å². The van der Waals surface area contributed by atoms with Crippen LogP contribution in [0.15, 0.2) is 66.8 Å². The van der Waals surface area contributed by atoms with Crippen LogP contribution in [0.5, 0.6) is 5.88 Å². The van der Waals surface area contributed by atoms with E-state index in [1.807, 2.05) is 18.3 Å². The molecule has 10 nitrogen and oxygen atoms in total. The van der Waals surface area contributed by atoms with Crippen molar-refractivity contribution < 1.29 is 23.8 Å². The van der Waals surface area contributed by atoms with Crippen LogP contribution in [0.2, 0.25) is 0 Å². The number of carboxylic acids is 1. The van der Waals surface area contributed by atoms with Crippen molar-refractivity contribution in [2.24, 2.45) is 0 Å². The summed E-state index contributed by atoms with van der Waals surface area (Å²) in [5, 5.41) is 12.9. The number of pyridine rings is 2. The number of nitrogens with zero attached hydrogens (tertiary/aromatic N) is 5. The molecular formula is C30H31FN6O4. The maximum Gasteiger partial charge on any atom is 0.335 e. The second-order valence-electron chi connectivity index (χ2n) is 10.3. The molecule has 0 bridgehead atoms. The zero-order valence-corrected chi connectivity index (χ0v) is 22.7. The molecule has 6 rings (SSSR count). The van der Waals surface area contributed by atoms with E-state index in [1.54, 1.807) is 30.3 Å². The molecule has 2 saturated heterocycles. The van der Waals surface area contributed by atoms with Crippen LogP contribution in [0.3, 0.4) is 0 Å². The van der Waals surface area contributed by atoms with Crippen molar-refractivity contribution in [1.29, 1.82) is 0 Å². The number of fused-ring (bicyclic) bond motifs is 1. The summed E-state index contributed by atoms with van der Waals surface area (Å²) in [5.41, 5.74) is 3.27. The predicted molar refractivity (Wildman–Crippen MR) is 150 cm³/mol. The fourth-order valence-electron chi connectivity index (χ4n) is 5.23. The molecule has 0 radical (unpaired) electrons. The van der Waals surface area contributed by atoms with Gasteiger partial charge in [-0.15, -0.1) is 0 Å². The monoisotopic (exact) mass is 558 g/mol. The summed E-state index contributed by atoms with van der Waals surface area (Å²) in [6.07, 6.45) is 7.61. The quantitative estimate of drug-likeness (QED) is 0.287. The molecule has 2 N–H and O–H groups in total. The summed E-state index contributed by atoms with van der Waals surface area (Å²) in [4.78, 5) is 27.0. The zero-order valence-electron chi connectivity index (χ0n) is 22.7. The highest BCUT2D eigenvalue weighted by Crippen LogP contribution is 2.32. The predicted octanol–water partition coefficient (Wildman–Crippen LogP) is 4.65. The summed E-state index contributed by atoms with van der Waals surface area (Å²) >= 11 is 0. The molecule has 1 aromatic carbocycles. The highest BCUT2D eigenvalue weighted by atomic mass is 19.1. The molecule has 2 fully saturated rings. The second kappa shape index (κ2) is 11.5. The number of allylic oxidation sites excluding steroid dienone is 1. The Morgan fingerprint density at radius 3 is 2.90 bits per heavy atom. The second-order valence-corrected chi connectivity index (χ2v) is 10.3. The van der Waals surface area contributed by atoms with Gasteiger partial charge in [0.15, 0.2) is 0 Å². The molecule has 2 aliphatic rings. The third kappa shape index (κ3) is 5.71. The Balaban J connectivity index is 1.19. The van der Waals surface area contributed by atoms with Crippen LogP contribution in [-0.2, 0) is 24.4 Å². The van der Waals surface area contributed by atoms with Crippen LogP contribution < -0.4 is 15.0 Å². The molecule has 0 aliphatic carbocycles. The van der Waals surface area contributed by atoms with E-state index in [1.165, 1.54) is 12.4 Å². The van der Waals surface area contributed by atoms with Crippen molar-refractivity contribution in [2.75, 3.05) is 11.5 Å². The third-order valence-electron chi connectivity index (χ3n) is 7.54. The van der Waals surface area contributed by atoms with E-state index in [0.717, 1.165) is 54.2 Å². The van der Waals surface area contributed by atoms with E-state index in [-0.39, 0.29) is 24.3 Å². The minimum absolute atomic E-state index is 0.0610. The summed E-state index contributed by atoms with van der Waals surface area (Å²) in [7, 11) is 0. The van der Waals surface area contributed by atoms with Gasteiger partial charge in [-0.05, 0) is 56.5 Å². The average molecular weight is 559 g/mol. The number of hydrogen-bond donors (Lipinski definition) is 2. The van der Waals surface area contributed by atoms with Crippen LogP contribution >= 0.6 is 0 Å². The summed E-state index contributed by atoms with van der Waals surface area (Å²) < 4.78 is 27.5. The van der Waals surface area contributed by atoms with E-state index in [2.05, 4.69) is 26.7 Å². The lowest BCUT2D eigenvalue weighted by molar-refractivity contribution is -0.0590. The van der Waals surface area contributed by atoms with Gasteiger partial charge in [0.05, 0.1) is 42.0 Å². The first kappa shape index (κ1) is 26.7. The number of aromatic carboxylic acids is 1. The molecule has 2 atom stereocenters. The topological polar surface area (TPSA) is 115 Å². The van der Waals surface area contributed by atoms with Gasteiger partial charge >= 0.3 is 5.97 Å². The van der Waals surface area contributed by atoms with Crippen molar-refractivity contribution in [1.82, 2.24) is 24.8 Å². The Kier molecular flexibility index (Phi) is 7.51. The van der Waals surface area contributed by atoms with Gasteiger partial charge in [0.2, 0.25) is 5.88 Å². The largest absolute Gasteiger partial charge is 0.478 e. The first-order chi connectivity index (χ1) is 20.0. The lowest BCUT2D eigenvalue weighted by Crippen LogP contribution is -2.32. The standard InChI is InChI=1S/C30H31FN6O4/c1-19-5-7-22(37(19)27-3-2-4-29(35-27)41-18-21-9-11-32-15-24(21)31)14-33-16-28-34-25-8-6-20(30(38)39)13-26(25)36(28)17-23-10-12-40-23/h2-4,6,8-9,11,13-15,19,23,33H,5,7,10,12,16-18H2,1H3,(H,38,39)/b22-14+. The highest BCUT2D eigenvalue weighted by molar-refractivity contribution is 5.92. The number of rotatable bonds is 10. The minimum atomic E-state index is -0.966. The third-order valence-corrected chi connectivity index (χ3v) is 7.54. The van der Waals surface area contributed by atoms with E-state index < -0.39 is 11.8 Å². The SMILES string of the molecule is CC1CC/C(=C\NCc2nc3ccc(C(=O)O)cc3n2CC2CCO2)N1c1cccc(OCc2ccncc2F)n1. The first-order valence-electron chi connectivity index (χ1n) is 13.7. The van der Waals surface area contributed by atoms with E-state index in [9.17, 15) is 14.3 Å². The van der Waals surface area contributed by atoms with Crippen molar-refractivity contribution in [3.63, 3.8) is 0 Å². The average Bonchev–Trinajstić information content (AvgIpc) is 3.49. The molecule has 212 valence electrons. The van der Waals surface area contributed by atoms with Crippen LogP contribution in [0.4, 0.5) is 10.2 Å². The first-order valence-corrected chi connectivity index (χ1v) is 13.7. The lowest BCUT2D eigenvalue weighted by Gasteiger charge is -2.27. The van der Waals surface area contributed by atoms with Crippen molar-refractivity contribution >= 4 is 22.8 Å². The fourth-order valence-corrected chi connectivity index (χ4v) is 5.23. The molecule has 0 amide bonds. The number of halogens is 1. The molecule has 3 aromatic heterocycles. The summed E-state index contributed by atoms with van der Waals surface area (Å²) in [6, 6.07) is 12.4. The van der Waals surface area contributed by atoms with Crippen LogP contribution in [0, 0.1) is 5.82 Å². The fraction of sp³-hybridized carbons (Fsp3) is 0.333. The number of aromatic nitrogens is 4. The molecule has 11 heteroatoms. The molecule has 2 unspecified atom stereocenters. The Labute approximate surface area is 236 Å². The maximum absolute atomic E-state index is 14.0. The van der Waals surface area contributed by atoms with Gasteiger partial charge in [0, 0.05) is 42.4 Å². The van der Waals surface area contributed by atoms with Crippen LogP contribution in [-0.4, -0.2) is 49.3 Å². The van der Waals surface area contributed by atoms with Gasteiger partial charge in [0.25, 0.3) is 0 Å². The number of carboxylic acid groups (broad SMARTS) is 1. The number of benzene rings is 1. The molecule has 0 spiro atoms. The van der Waals surface area contributed by atoms with E-state index in [0.29, 0.717) is 24.5 Å². The molecule has 2 aliphatic heterocycles. The zero-order chi connectivity index (χ0) is 28.3. The van der Waals surface area contributed by atoms with Crippen molar-refractivity contribution in [3.05, 3.63) is 89.5 Å².